The van der Waals surface area contributed by atoms with Gasteiger partial charge in [0.1, 0.15) is 6.54 Å². The first-order valence-electron chi connectivity index (χ1n) is 10.3. The number of nitrogens with zero attached hydrogens (tertiary/aromatic N) is 1. The molecule has 0 unspecified atom stereocenters. The minimum Gasteiger partial charge on any atom is -0.325 e. The van der Waals surface area contributed by atoms with E-state index in [4.69, 9.17) is 0 Å². The van der Waals surface area contributed by atoms with Crippen molar-refractivity contribution in [2.24, 2.45) is 0 Å². The van der Waals surface area contributed by atoms with Gasteiger partial charge in [-0.1, -0.05) is 43.7 Å². The number of anilines is 2. The van der Waals surface area contributed by atoms with E-state index < -0.39 is 15.9 Å². The van der Waals surface area contributed by atoms with Crippen molar-refractivity contribution in [1.82, 2.24) is 0 Å². The van der Waals surface area contributed by atoms with E-state index in [0.717, 1.165) is 14.8 Å². The number of nitrogens with one attached hydrogen (secondary N) is 1. The fraction of sp³-hybridized carbons (Fsp3) is 0.240. The fourth-order valence-electron chi connectivity index (χ4n) is 3.18. The van der Waals surface area contributed by atoms with Crippen molar-refractivity contribution in [3.05, 3.63) is 83.9 Å². The van der Waals surface area contributed by atoms with Crippen molar-refractivity contribution in [1.29, 1.82) is 0 Å². The smallest absolute Gasteiger partial charge is 0.264 e. The van der Waals surface area contributed by atoms with Crippen LogP contribution in [0.15, 0.2) is 82.6 Å². The predicted octanol–water partition coefficient (Wildman–Crippen LogP) is 5.67. The molecule has 0 bridgehead atoms. The van der Waals surface area contributed by atoms with Gasteiger partial charge in [0, 0.05) is 10.6 Å². The molecular weight excluding hydrogens is 440 g/mol. The molecule has 7 heteroatoms. The summed E-state index contributed by atoms with van der Waals surface area (Å²) in [6.45, 7) is 5.80. The maximum atomic E-state index is 13.5. The summed E-state index contributed by atoms with van der Waals surface area (Å²) in [5, 5.41) is 2.81. The molecule has 3 aromatic carbocycles. The number of hydrogen-bond acceptors (Lipinski definition) is 4. The molecule has 0 aliphatic heterocycles. The molecule has 5 nitrogen and oxygen atoms in total. The van der Waals surface area contributed by atoms with Gasteiger partial charge in [0.15, 0.2) is 0 Å². The quantitative estimate of drug-likeness (QED) is 0.432. The lowest BCUT2D eigenvalue weighted by Crippen LogP contribution is -2.38. The topological polar surface area (TPSA) is 66.5 Å². The van der Waals surface area contributed by atoms with Crippen LogP contribution in [0, 0.1) is 6.92 Å². The Kier molecular flexibility index (Phi) is 7.64. The highest BCUT2D eigenvalue weighted by atomic mass is 32.2. The first-order chi connectivity index (χ1) is 15.2. The van der Waals surface area contributed by atoms with E-state index in [1.807, 2.05) is 49.6 Å². The van der Waals surface area contributed by atoms with Crippen LogP contribution in [0.4, 0.5) is 11.4 Å². The summed E-state index contributed by atoms with van der Waals surface area (Å²) in [6, 6.07) is 21.4. The summed E-state index contributed by atoms with van der Waals surface area (Å²) < 4.78 is 28.1. The summed E-state index contributed by atoms with van der Waals surface area (Å²) in [5.74, 6) is -0.0217. The second-order valence-electron chi connectivity index (χ2n) is 7.85. The third-order valence-corrected chi connectivity index (χ3v) is 7.65. The van der Waals surface area contributed by atoms with Gasteiger partial charge in [0.2, 0.25) is 5.91 Å². The van der Waals surface area contributed by atoms with Crippen LogP contribution in [0.25, 0.3) is 0 Å². The van der Waals surface area contributed by atoms with Crippen molar-refractivity contribution in [3.8, 4) is 0 Å². The summed E-state index contributed by atoms with van der Waals surface area (Å²) in [7, 11) is -3.93. The summed E-state index contributed by atoms with van der Waals surface area (Å²) in [4.78, 5) is 13.9. The van der Waals surface area contributed by atoms with Crippen LogP contribution in [0.5, 0.6) is 0 Å². The van der Waals surface area contributed by atoms with Crippen molar-refractivity contribution < 1.29 is 13.2 Å². The minimum absolute atomic E-state index is 0.143. The molecule has 3 rings (SSSR count). The molecule has 0 aromatic heterocycles. The summed E-state index contributed by atoms with van der Waals surface area (Å²) in [5.41, 5.74) is 3.24. The van der Waals surface area contributed by atoms with Gasteiger partial charge in [-0.05, 0) is 73.2 Å². The van der Waals surface area contributed by atoms with Gasteiger partial charge in [-0.3, -0.25) is 9.10 Å². The van der Waals surface area contributed by atoms with Gasteiger partial charge < -0.3 is 5.32 Å². The third-order valence-electron chi connectivity index (χ3n) is 5.12. The second-order valence-corrected chi connectivity index (χ2v) is 10.6. The molecule has 1 N–H and O–H groups in total. The Balaban J connectivity index is 1.88. The molecule has 0 heterocycles. The number of hydrogen-bond donors (Lipinski definition) is 1. The van der Waals surface area contributed by atoms with Gasteiger partial charge in [-0.15, -0.1) is 11.8 Å². The molecule has 0 atom stereocenters. The zero-order valence-corrected chi connectivity index (χ0v) is 20.3. The lowest BCUT2D eigenvalue weighted by molar-refractivity contribution is -0.114. The van der Waals surface area contributed by atoms with Gasteiger partial charge in [0.05, 0.1) is 10.6 Å². The normalized spacial score (nSPS) is 11.4. The van der Waals surface area contributed by atoms with Crippen LogP contribution < -0.4 is 9.62 Å². The van der Waals surface area contributed by atoms with Crippen LogP contribution in [0.3, 0.4) is 0 Å². The number of benzene rings is 3. The van der Waals surface area contributed by atoms with Crippen molar-refractivity contribution >= 4 is 39.1 Å². The Morgan fingerprint density at radius 3 is 2.06 bits per heavy atom. The van der Waals surface area contributed by atoms with E-state index in [1.165, 1.54) is 17.3 Å². The zero-order valence-electron chi connectivity index (χ0n) is 18.7. The van der Waals surface area contributed by atoms with Crippen LogP contribution in [-0.4, -0.2) is 27.1 Å². The Morgan fingerprint density at radius 1 is 0.938 bits per heavy atom. The van der Waals surface area contributed by atoms with Gasteiger partial charge in [-0.25, -0.2) is 8.42 Å². The van der Waals surface area contributed by atoms with E-state index in [1.54, 1.807) is 36.4 Å². The number of amides is 1. The van der Waals surface area contributed by atoms with Crippen LogP contribution in [0.2, 0.25) is 0 Å². The highest BCUT2D eigenvalue weighted by molar-refractivity contribution is 7.98. The van der Waals surface area contributed by atoms with E-state index >= 15 is 0 Å². The molecule has 0 aliphatic rings. The lowest BCUT2D eigenvalue weighted by Gasteiger charge is -2.24. The number of sulfonamides is 1. The third kappa shape index (κ3) is 5.72. The molecule has 0 aliphatic carbocycles. The minimum atomic E-state index is -3.93. The average molecular weight is 469 g/mol. The Labute approximate surface area is 194 Å². The first kappa shape index (κ1) is 23.9. The van der Waals surface area contributed by atoms with Crippen LogP contribution in [0.1, 0.15) is 30.9 Å². The first-order valence-corrected chi connectivity index (χ1v) is 13.0. The monoisotopic (exact) mass is 468 g/mol. The fourth-order valence-corrected chi connectivity index (χ4v) is 5.01. The van der Waals surface area contributed by atoms with Gasteiger partial charge in [-0.2, -0.15) is 0 Å². The van der Waals surface area contributed by atoms with Crippen LogP contribution >= 0.6 is 11.8 Å². The predicted molar refractivity (Wildman–Crippen MR) is 133 cm³/mol. The van der Waals surface area contributed by atoms with E-state index in [2.05, 4.69) is 19.2 Å². The van der Waals surface area contributed by atoms with Crippen LogP contribution in [-0.2, 0) is 14.8 Å². The number of carbonyl (C=O) groups excluding carboxylic acids is 1. The molecule has 3 aromatic rings. The molecule has 0 fully saturated rings. The maximum absolute atomic E-state index is 13.5. The Morgan fingerprint density at radius 2 is 1.53 bits per heavy atom. The molecular formula is C25H28N2O3S2. The largest absolute Gasteiger partial charge is 0.325 e. The molecule has 168 valence electrons. The average Bonchev–Trinajstić information content (AvgIpc) is 2.78. The molecule has 0 saturated carbocycles. The standard InChI is InChI=1S/C25H28N2O3S2/c1-18(2)20-7-9-21(10-8-20)26-25(28)17-27(22-11-5-19(3)6-12-22)32(29,30)24-15-13-23(31-4)14-16-24/h5-16,18H,17H2,1-4H3,(H,26,28). The number of aryl methyl sites for hydroxylation is 1. The summed E-state index contributed by atoms with van der Waals surface area (Å²) >= 11 is 1.54. The molecule has 1 amide bonds. The highest BCUT2D eigenvalue weighted by Gasteiger charge is 2.27. The number of carbonyl (C=O) groups is 1. The number of rotatable bonds is 8. The van der Waals surface area contributed by atoms with E-state index in [0.29, 0.717) is 17.3 Å². The SMILES string of the molecule is CSc1ccc(S(=O)(=O)N(CC(=O)Nc2ccc(C(C)C)cc2)c2ccc(C)cc2)cc1. The lowest BCUT2D eigenvalue weighted by atomic mass is 10.0. The molecule has 0 spiro atoms. The zero-order chi connectivity index (χ0) is 23.3. The van der Waals surface area contributed by atoms with Crippen molar-refractivity contribution in [3.63, 3.8) is 0 Å². The van der Waals surface area contributed by atoms with E-state index in [9.17, 15) is 13.2 Å². The van der Waals surface area contributed by atoms with E-state index in [-0.39, 0.29) is 11.4 Å². The summed E-state index contributed by atoms with van der Waals surface area (Å²) in [6.07, 6.45) is 1.93. The molecule has 0 saturated heterocycles. The number of thioether (sulfide) groups is 1. The highest BCUT2D eigenvalue weighted by Crippen LogP contribution is 2.26. The Bertz CT molecular complexity index is 1160. The van der Waals surface area contributed by atoms with Crippen molar-refractivity contribution in [2.45, 2.75) is 36.5 Å². The molecule has 32 heavy (non-hydrogen) atoms. The maximum Gasteiger partial charge on any atom is 0.264 e. The van der Waals surface area contributed by atoms with Gasteiger partial charge >= 0.3 is 0 Å². The van der Waals surface area contributed by atoms with Gasteiger partial charge in [0.25, 0.3) is 10.0 Å². The Hall–Kier alpha value is -2.77. The van der Waals surface area contributed by atoms with Crippen molar-refractivity contribution in [2.75, 3.05) is 22.4 Å². The second kappa shape index (κ2) is 10.2. The molecule has 0 radical (unpaired) electrons.